The highest BCUT2D eigenvalue weighted by atomic mass is 35.5. The Balaban J connectivity index is 2.18. The standard InChI is InChI=1S/C13H15ClN2O2S2/c1-9-4-5-19-13(9)8-16-20(17,18)11-3-2-10(7-15)12(14)6-11/h2-6,16H,7-8,15H2,1H3. The molecule has 0 unspecified atom stereocenters. The number of rotatable bonds is 5. The van der Waals surface area contributed by atoms with E-state index in [9.17, 15) is 8.42 Å². The smallest absolute Gasteiger partial charge is 0.240 e. The van der Waals surface area contributed by atoms with Gasteiger partial charge in [0, 0.05) is 23.0 Å². The lowest BCUT2D eigenvalue weighted by molar-refractivity contribution is 0.581. The molecule has 20 heavy (non-hydrogen) atoms. The summed E-state index contributed by atoms with van der Waals surface area (Å²) in [7, 11) is -3.57. The number of thiophene rings is 1. The second-order valence-electron chi connectivity index (χ2n) is 4.31. The highest BCUT2D eigenvalue weighted by molar-refractivity contribution is 7.89. The summed E-state index contributed by atoms with van der Waals surface area (Å²) < 4.78 is 27.0. The summed E-state index contributed by atoms with van der Waals surface area (Å²) in [4.78, 5) is 1.15. The Hall–Kier alpha value is -0.920. The van der Waals surface area contributed by atoms with Gasteiger partial charge in [-0.2, -0.15) is 0 Å². The number of hydrogen-bond donors (Lipinski definition) is 2. The molecule has 7 heteroatoms. The predicted octanol–water partition coefficient (Wildman–Crippen LogP) is 2.65. The van der Waals surface area contributed by atoms with Crippen molar-refractivity contribution in [1.82, 2.24) is 4.72 Å². The summed E-state index contributed by atoms with van der Waals surface area (Å²) in [6.07, 6.45) is 0. The first-order valence-corrected chi connectivity index (χ1v) is 8.69. The van der Waals surface area contributed by atoms with Crippen molar-refractivity contribution in [2.45, 2.75) is 24.9 Å². The van der Waals surface area contributed by atoms with E-state index < -0.39 is 10.0 Å². The summed E-state index contributed by atoms with van der Waals surface area (Å²) in [5.41, 5.74) is 7.30. The second kappa shape index (κ2) is 6.24. The van der Waals surface area contributed by atoms with Crippen LogP contribution in [0.3, 0.4) is 0 Å². The minimum absolute atomic E-state index is 0.147. The quantitative estimate of drug-likeness (QED) is 0.885. The van der Waals surface area contributed by atoms with Gasteiger partial charge in [0.05, 0.1) is 4.90 Å². The van der Waals surface area contributed by atoms with Gasteiger partial charge in [-0.3, -0.25) is 0 Å². The molecule has 0 atom stereocenters. The van der Waals surface area contributed by atoms with E-state index in [0.29, 0.717) is 5.02 Å². The van der Waals surface area contributed by atoms with E-state index in [-0.39, 0.29) is 18.0 Å². The SMILES string of the molecule is Cc1ccsc1CNS(=O)(=O)c1ccc(CN)c(Cl)c1. The van der Waals surface area contributed by atoms with Gasteiger partial charge in [-0.25, -0.2) is 13.1 Å². The fourth-order valence-electron chi connectivity index (χ4n) is 1.69. The van der Waals surface area contributed by atoms with Crippen LogP contribution in [0.1, 0.15) is 16.0 Å². The molecule has 2 aromatic rings. The fourth-order valence-corrected chi connectivity index (χ4v) is 3.97. The van der Waals surface area contributed by atoms with Gasteiger partial charge in [-0.15, -0.1) is 11.3 Å². The van der Waals surface area contributed by atoms with Crippen LogP contribution in [0.15, 0.2) is 34.5 Å². The Morgan fingerprint density at radius 3 is 2.65 bits per heavy atom. The van der Waals surface area contributed by atoms with Crippen LogP contribution >= 0.6 is 22.9 Å². The molecule has 1 aromatic carbocycles. The molecule has 1 aromatic heterocycles. The molecule has 0 saturated carbocycles. The molecule has 2 rings (SSSR count). The molecule has 0 aliphatic carbocycles. The normalized spacial score (nSPS) is 11.8. The molecule has 3 N–H and O–H groups in total. The lowest BCUT2D eigenvalue weighted by atomic mass is 10.2. The van der Waals surface area contributed by atoms with Crippen LogP contribution in [0.2, 0.25) is 5.02 Å². The van der Waals surface area contributed by atoms with Crippen LogP contribution in [-0.2, 0) is 23.1 Å². The Morgan fingerprint density at radius 2 is 2.10 bits per heavy atom. The van der Waals surface area contributed by atoms with Crippen LogP contribution in [0.25, 0.3) is 0 Å². The van der Waals surface area contributed by atoms with Gasteiger partial charge >= 0.3 is 0 Å². The highest BCUT2D eigenvalue weighted by Gasteiger charge is 2.16. The third-order valence-corrected chi connectivity index (χ3v) is 5.72. The van der Waals surface area contributed by atoms with Crippen molar-refractivity contribution in [1.29, 1.82) is 0 Å². The topological polar surface area (TPSA) is 72.2 Å². The molecule has 0 aliphatic heterocycles. The van der Waals surface area contributed by atoms with E-state index in [1.165, 1.54) is 23.5 Å². The molecule has 1 heterocycles. The average Bonchev–Trinajstić information content (AvgIpc) is 2.82. The maximum absolute atomic E-state index is 12.2. The molecular formula is C13H15ClN2O2S2. The van der Waals surface area contributed by atoms with E-state index in [4.69, 9.17) is 17.3 Å². The summed E-state index contributed by atoms with van der Waals surface area (Å²) >= 11 is 7.52. The lowest BCUT2D eigenvalue weighted by Crippen LogP contribution is -2.23. The van der Waals surface area contributed by atoms with E-state index in [1.54, 1.807) is 6.07 Å². The number of nitrogens with two attached hydrogens (primary N) is 1. The van der Waals surface area contributed by atoms with E-state index in [0.717, 1.165) is 16.0 Å². The summed E-state index contributed by atoms with van der Waals surface area (Å²) in [6.45, 7) is 2.51. The van der Waals surface area contributed by atoms with Gasteiger partial charge in [0.1, 0.15) is 0 Å². The molecule has 0 amide bonds. The Kier molecular flexibility index (Phi) is 4.82. The number of benzene rings is 1. The van der Waals surface area contributed by atoms with Gasteiger partial charge in [0.25, 0.3) is 0 Å². The lowest BCUT2D eigenvalue weighted by Gasteiger charge is -2.08. The third-order valence-electron chi connectivity index (χ3n) is 2.95. The first-order chi connectivity index (χ1) is 9.44. The number of halogens is 1. The van der Waals surface area contributed by atoms with Crippen molar-refractivity contribution in [2.75, 3.05) is 0 Å². The van der Waals surface area contributed by atoms with E-state index >= 15 is 0 Å². The van der Waals surface area contributed by atoms with Crippen molar-refractivity contribution in [2.24, 2.45) is 5.73 Å². The zero-order valence-corrected chi connectivity index (χ0v) is 13.3. The Morgan fingerprint density at radius 1 is 1.35 bits per heavy atom. The van der Waals surface area contributed by atoms with E-state index in [2.05, 4.69) is 4.72 Å². The first kappa shape index (κ1) is 15.5. The van der Waals surface area contributed by atoms with Gasteiger partial charge in [0.2, 0.25) is 10.0 Å². The molecular weight excluding hydrogens is 316 g/mol. The molecule has 0 spiro atoms. The molecule has 0 saturated heterocycles. The van der Waals surface area contributed by atoms with Gasteiger partial charge in [0.15, 0.2) is 0 Å². The van der Waals surface area contributed by atoms with Crippen molar-refractivity contribution in [3.8, 4) is 0 Å². The maximum atomic E-state index is 12.2. The highest BCUT2D eigenvalue weighted by Crippen LogP contribution is 2.21. The van der Waals surface area contributed by atoms with Crippen LogP contribution in [-0.4, -0.2) is 8.42 Å². The minimum atomic E-state index is -3.57. The Bertz CT molecular complexity index is 711. The van der Waals surface area contributed by atoms with Gasteiger partial charge in [-0.05, 0) is 41.6 Å². The van der Waals surface area contributed by atoms with Gasteiger partial charge < -0.3 is 5.73 Å². The second-order valence-corrected chi connectivity index (χ2v) is 7.48. The van der Waals surface area contributed by atoms with Crippen LogP contribution in [0.5, 0.6) is 0 Å². The van der Waals surface area contributed by atoms with Crippen LogP contribution in [0, 0.1) is 6.92 Å². The third kappa shape index (κ3) is 3.39. The zero-order chi connectivity index (χ0) is 14.8. The molecule has 0 bridgehead atoms. The minimum Gasteiger partial charge on any atom is -0.326 e. The number of hydrogen-bond acceptors (Lipinski definition) is 4. The average molecular weight is 331 g/mol. The number of sulfonamides is 1. The molecule has 0 radical (unpaired) electrons. The molecule has 0 aliphatic rings. The van der Waals surface area contributed by atoms with E-state index in [1.807, 2.05) is 18.4 Å². The Labute approximate surface area is 127 Å². The van der Waals surface area contributed by atoms with Crippen molar-refractivity contribution in [3.63, 3.8) is 0 Å². The van der Waals surface area contributed by atoms with Crippen molar-refractivity contribution in [3.05, 3.63) is 50.7 Å². The van der Waals surface area contributed by atoms with Crippen LogP contribution in [0.4, 0.5) is 0 Å². The largest absolute Gasteiger partial charge is 0.326 e. The zero-order valence-electron chi connectivity index (χ0n) is 10.9. The number of aryl methyl sites for hydroxylation is 1. The summed E-state index contributed by atoms with van der Waals surface area (Å²) in [5, 5.41) is 2.30. The van der Waals surface area contributed by atoms with Crippen molar-refractivity contribution >= 4 is 33.0 Å². The monoisotopic (exact) mass is 330 g/mol. The van der Waals surface area contributed by atoms with Gasteiger partial charge in [-0.1, -0.05) is 17.7 Å². The molecule has 108 valence electrons. The van der Waals surface area contributed by atoms with Crippen LogP contribution < -0.4 is 10.5 Å². The molecule has 0 fully saturated rings. The first-order valence-electron chi connectivity index (χ1n) is 5.95. The number of nitrogens with one attached hydrogen (secondary N) is 1. The summed E-state index contributed by atoms with van der Waals surface area (Å²) in [5.74, 6) is 0. The predicted molar refractivity (Wildman–Crippen MR) is 82.4 cm³/mol. The fraction of sp³-hybridized carbons (Fsp3) is 0.231. The summed E-state index contributed by atoms with van der Waals surface area (Å²) in [6, 6.07) is 6.53. The maximum Gasteiger partial charge on any atom is 0.240 e. The van der Waals surface area contributed by atoms with Crippen molar-refractivity contribution < 1.29 is 8.42 Å². The molecule has 4 nitrogen and oxygen atoms in total.